The fourth-order valence-corrected chi connectivity index (χ4v) is 2.78. The van der Waals surface area contributed by atoms with Crippen LogP contribution >= 0.6 is 0 Å². The van der Waals surface area contributed by atoms with Crippen LogP contribution in [0.3, 0.4) is 0 Å². The predicted molar refractivity (Wildman–Crippen MR) is 78.1 cm³/mol. The molecule has 0 aliphatic heterocycles. The minimum absolute atomic E-state index is 0.194. The summed E-state index contributed by atoms with van der Waals surface area (Å²) in [6.07, 6.45) is 3.68. The number of carboxylic acid groups (broad SMARTS) is 1. The molecule has 0 aromatic rings. The zero-order valence-electron chi connectivity index (χ0n) is 12.8. The molecule has 116 valence electrons. The first-order valence-corrected chi connectivity index (χ1v) is 7.53. The summed E-state index contributed by atoms with van der Waals surface area (Å²) in [5.41, 5.74) is 5.01. The van der Waals surface area contributed by atoms with Crippen LogP contribution < -0.4 is 11.1 Å². The molecule has 0 aromatic heterocycles. The van der Waals surface area contributed by atoms with E-state index in [4.69, 9.17) is 5.73 Å². The molecule has 5 nitrogen and oxygen atoms in total. The number of carboxylic acids is 1. The van der Waals surface area contributed by atoms with Gasteiger partial charge in [0.2, 0.25) is 5.91 Å². The fraction of sp³-hybridized carbons (Fsp3) is 0.867. The van der Waals surface area contributed by atoms with Crippen LogP contribution in [0.1, 0.15) is 52.9 Å². The summed E-state index contributed by atoms with van der Waals surface area (Å²) < 4.78 is 0. The van der Waals surface area contributed by atoms with Gasteiger partial charge in [0.05, 0.1) is 11.5 Å². The van der Waals surface area contributed by atoms with Crippen molar-refractivity contribution in [3.63, 3.8) is 0 Å². The Kier molecular flexibility index (Phi) is 5.99. The van der Waals surface area contributed by atoms with Crippen LogP contribution in [0, 0.1) is 17.3 Å². The summed E-state index contributed by atoms with van der Waals surface area (Å²) in [6, 6.07) is -0.552. The van der Waals surface area contributed by atoms with Crippen LogP contribution in [-0.4, -0.2) is 29.6 Å². The van der Waals surface area contributed by atoms with Gasteiger partial charge in [-0.1, -0.05) is 20.8 Å². The highest BCUT2D eigenvalue weighted by atomic mass is 16.4. The second kappa shape index (κ2) is 7.07. The van der Waals surface area contributed by atoms with Crippen molar-refractivity contribution in [3.8, 4) is 0 Å². The molecule has 1 amide bonds. The summed E-state index contributed by atoms with van der Waals surface area (Å²) in [7, 11) is 0. The third-order valence-corrected chi connectivity index (χ3v) is 4.35. The number of nitrogens with one attached hydrogen (secondary N) is 1. The van der Waals surface area contributed by atoms with Crippen LogP contribution in [0.25, 0.3) is 0 Å². The van der Waals surface area contributed by atoms with Gasteiger partial charge in [0.1, 0.15) is 0 Å². The summed E-state index contributed by atoms with van der Waals surface area (Å²) in [5, 5.41) is 12.2. The summed E-state index contributed by atoms with van der Waals surface area (Å²) in [6.45, 7) is 6.35. The van der Waals surface area contributed by atoms with Gasteiger partial charge in [0.25, 0.3) is 0 Å². The van der Waals surface area contributed by atoms with Crippen LogP contribution in [-0.2, 0) is 9.59 Å². The van der Waals surface area contributed by atoms with E-state index in [1.807, 2.05) is 13.8 Å². The van der Waals surface area contributed by atoms with Gasteiger partial charge in [-0.05, 0) is 43.9 Å². The van der Waals surface area contributed by atoms with E-state index in [-0.39, 0.29) is 12.5 Å². The maximum Gasteiger partial charge on any atom is 0.311 e. The number of amides is 1. The molecule has 1 fully saturated rings. The van der Waals surface area contributed by atoms with Crippen LogP contribution in [0.4, 0.5) is 0 Å². The van der Waals surface area contributed by atoms with Gasteiger partial charge >= 0.3 is 5.97 Å². The molecule has 0 heterocycles. The second-order valence-electron chi connectivity index (χ2n) is 6.72. The average Bonchev–Trinajstić information content (AvgIpc) is 2.37. The van der Waals surface area contributed by atoms with E-state index in [2.05, 4.69) is 12.2 Å². The Morgan fingerprint density at radius 2 is 1.90 bits per heavy atom. The Morgan fingerprint density at radius 1 is 1.35 bits per heavy atom. The number of hydrogen-bond donors (Lipinski definition) is 3. The molecular weight excluding hydrogens is 256 g/mol. The molecule has 0 saturated heterocycles. The van der Waals surface area contributed by atoms with E-state index in [0.717, 1.165) is 12.8 Å². The van der Waals surface area contributed by atoms with Gasteiger partial charge in [-0.15, -0.1) is 0 Å². The lowest BCUT2D eigenvalue weighted by Gasteiger charge is -2.36. The van der Waals surface area contributed by atoms with Crippen molar-refractivity contribution in [2.24, 2.45) is 23.0 Å². The molecule has 4 N–H and O–H groups in total. The molecule has 20 heavy (non-hydrogen) atoms. The lowest BCUT2D eigenvalue weighted by atomic mass is 9.70. The van der Waals surface area contributed by atoms with Crippen molar-refractivity contribution < 1.29 is 14.7 Å². The van der Waals surface area contributed by atoms with Gasteiger partial charge in [-0.2, -0.15) is 0 Å². The molecule has 5 heteroatoms. The van der Waals surface area contributed by atoms with E-state index in [1.165, 1.54) is 0 Å². The van der Waals surface area contributed by atoms with Crippen LogP contribution in [0.2, 0.25) is 0 Å². The lowest BCUT2D eigenvalue weighted by Crippen LogP contribution is -2.49. The average molecular weight is 284 g/mol. The summed E-state index contributed by atoms with van der Waals surface area (Å²) in [5.74, 6) is -0.124. The van der Waals surface area contributed by atoms with Crippen molar-refractivity contribution in [1.82, 2.24) is 5.32 Å². The molecule has 0 unspecified atom stereocenters. The Labute approximate surface area is 121 Å². The van der Waals surface area contributed by atoms with Gasteiger partial charge in [0, 0.05) is 6.54 Å². The third kappa shape index (κ3) is 4.47. The van der Waals surface area contributed by atoms with E-state index in [1.54, 1.807) is 0 Å². The molecule has 1 saturated carbocycles. The number of carbonyl (C=O) groups excluding carboxylic acids is 1. The monoisotopic (exact) mass is 284 g/mol. The highest BCUT2D eigenvalue weighted by Gasteiger charge is 2.41. The quantitative estimate of drug-likeness (QED) is 0.693. The molecule has 0 aromatic carbocycles. The molecule has 1 atom stereocenters. The minimum Gasteiger partial charge on any atom is -0.481 e. The van der Waals surface area contributed by atoms with Gasteiger partial charge in [-0.25, -0.2) is 0 Å². The third-order valence-electron chi connectivity index (χ3n) is 4.35. The zero-order valence-corrected chi connectivity index (χ0v) is 12.8. The molecule has 0 bridgehead atoms. The topological polar surface area (TPSA) is 92.4 Å². The second-order valence-corrected chi connectivity index (χ2v) is 6.72. The van der Waals surface area contributed by atoms with Crippen LogP contribution in [0.5, 0.6) is 0 Å². The zero-order chi connectivity index (χ0) is 15.3. The lowest BCUT2D eigenvalue weighted by molar-refractivity contribution is -0.151. The Morgan fingerprint density at radius 3 is 2.35 bits per heavy atom. The molecule has 1 rings (SSSR count). The van der Waals surface area contributed by atoms with E-state index in [0.29, 0.717) is 31.1 Å². The van der Waals surface area contributed by atoms with E-state index in [9.17, 15) is 14.7 Å². The SMILES string of the molecule is CC(C)C[C@@H](N)C(=O)NCC1(C(=O)O)CCC(C)CC1. The standard InChI is InChI=1S/C15H28N2O3/c1-10(2)8-12(16)13(18)17-9-15(14(19)20)6-4-11(3)5-7-15/h10-12H,4-9,16H2,1-3H3,(H,17,18)(H,19,20)/t11?,12-,15?/m1/s1. The first-order valence-electron chi connectivity index (χ1n) is 7.53. The molecule has 0 radical (unpaired) electrons. The predicted octanol–water partition coefficient (Wildman–Crippen LogP) is 1.76. The summed E-state index contributed by atoms with van der Waals surface area (Å²) >= 11 is 0. The summed E-state index contributed by atoms with van der Waals surface area (Å²) in [4.78, 5) is 23.5. The van der Waals surface area contributed by atoms with E-state index < -0.39 is 17.4 Å². The number of carbonyl (C=O) groups is 2. The number of rotatable bonds is 6. The van der Waals surface area contributed by atoms with Crippen molar-refractivity contribution in [3.05, 3.63) is 0 Å². The highest BCUT2D eigenvalue weighted by molar-refractivity contribution is 5.82. The van der Waals surface area contributed by atoms with Crippen LogP contribution in [0.15, 0.2) is 0 Å². The Bertz CT molecular complexity index is 347. The number of aliphatic carboxylic acids is 1. The normalized spacial score (nSPS) is 28.1. The first-order chi connectivity index (χ1) is 9.27. The van der Waals surface area contributed by atoms with Gasteiger partial charge in [-0.3, -0.25) is 9.59 Å². The highest BCUT2D eigenvalue weighted by Crippen LogP contribution is 2.38. The molecular formula is C15H28N2O3. The van der Waals surface area contributed by atoms with E-state index >= 15 is 0 Å². The number of nitrogens with two attached hydrogens (primary N) is 1. The van der Waals surface area contributed by atoms with Gasteiger partial charge in [0.15, 0.2) is 0 Å². The van der Waals surface area contributed by atoms with Crippen molar-refractivity contribution in [2.75, 3.05) is 6.54 Å². The Hall–Kier alpha value is -1.10. The minimum atomic E-state index is -0.806. The molecule has 1 aliphatic carbocycles. The molecule has 0 spiro atoms. The number of hydrogen-bond acceptors (Lipinski definition) is 3. The first kappa shape index (κ1) is 17.0. The van der Waals surface area contributed by atoms with Crippen molar-refractivity contribution >= 4 is 11.9 Å². The fourth-order valence-electron chi connectivity index (χ4n) is 2.78. The van der Waals surface area contributed by atoms with Crippen molar-refractivity contribution in [1.29, 1.82) is 0 Å². The largest absolute Gasteiger partial charge is 0.481 e. The maximum atomic E-state index is 11.9. The van der Waals surface area contributed by atoms with Crippen molar-refractivity contribution in [2.45, 2.75) is 58.9 Å². The Balaban J connectivity index is 2.56. The maximum absolute atomic E-state index is 11.9. The molecule has 1 aliphatic rings. The smallest absolute Gasteiger partial charge is 0.311 e. The van der Waals surface area contributed by atoms with Gasteiger partial charge < -0.3 is 16.2 Å².